The molecule has 1 fully saturated rings. The fourth-order valence-corrected chi connectivity index (χ4v) is 2.78. The molecule has 0 saturated carbocycles. The average Bonchev–Trinajstić information content (AvgIpc) is 2.91. The molecule has 1 aromatic carbocycles. The average molecular weight is 289 g/mol. The second-order valence-electron chi connectivity index (χ2n) is 5.55. The summed E-state index contributed by atoms with van der Waals surface area (Å²) in [7, 11) is 1.99. The van der Waals surface area contributed by atoms with Crippen LogP contribution in [-0.2, 0) is 0 Å². The molecule has 21 heavy (non-hydrogen) atoms. The van der Waals surface area contributed by atoms with Gasteiger partial charge in [-0.2, -0.15) is 0 Å². The predicted octanol–water partition coefficient (Wildman–Crippen LogP) is 2.05. The van der Waals surface area contributed by atoms with Crippen molar-refractivity contribution in [3.05, 3.63) is 28.3 Å². The van der Waals surface area contributed by atoms with Gasteiger partial charge in [-0.1, -0.05) is 6.42 Å². The summed E-state index contributed by atoms with van der Waals surface area (Å²) >= 11 is 0. The van der Waals surface area contributed by atoms with Crippen molar-refractivity contribution < 1.29 is 4.92 Å². The number of H-pyrrole nitrogens is 1. The number of piperidine rings is 1. The molecule has 7 nitrogen and oxygen atoms in total. The highest BCUT2D eigenvalue weighted by molar-refractivity contribution is 5.80. The van der Waals surface area contributed by atoms with Gasteiger partial charge in [-0.15, -0.1) is 0 Å². The lowest BCUT2D eigenvalue weighted by molar-refractivity contribution is -0.384. The number of likely N-dealkylation sites (N-methyl/N-ethyl adjacent to an activating group) is 1. The maximum absolute atomic E-state index is 10.8. The van der Waals surface area contributed by atoms with Crippen LogP contribution in [0.3, 0.4) is 0 Å². The van der Waals surface area contributed by atoms with Crippen molar-refractivity contribution in [1.29, 1.82) is 0 Å². The molecule has 0 unspecified atom stereocenters. The molecule has 2 aromatic rings. The van der Waals surface area contributed by atoms with E-state index in [0.717, 1.165) is 24.6 Å². The van der Waals surface area contributed by atoms with Crippen LogP contribution >= 0.6 is 0 Å². The molecule has 1 aromatic heterocycles. The quantitative estimate of drug-likeness (QED) is 0.664. The van der Waals surface area contributed by atoms with E-state index in [1.54, 1.807) is 6.07 Å². The minimum atomic E-state index is -0.393. The van der Waals surface area contributed by atoms with Gasteiger partial charge >= 0.3 is 0 Å². The van der Waals surface area contributed by atoms with E-state index in [-0.39, 0.29) is 5.69 Å². The van der Waals surface area contributed by atoms with Gasteiger partial charge in [0.2, 0.25) is 5.95 Å². The standard InChI is InChI=1S/C14H19N5O2/c1-18(9-10-4-2-3-7-15-10)14-16-12-6-5-11(19(20)21)8-13(12)17-14/h5-6,8,10,15H,2-4,7,9H2,1H3,(H,16,17)/t10-/m1/s1. The van der Waals surface area contributed by atoms with E-state index in [2.05, 4.69) is 20.2 Å². The van der Waals surface area contributed by atoms with Crippen LogP contribution in [0.25, 0.3) is 11.0 Å². The maximum Gasteiger partial charge on any atom is 0.271 e. The summed E-state index contributed by atoms with van der Waals surface area (Å²) < 4.78 is 0. The number of nitro benzene ring substituents is 1. The van der Waals surface area contributed by atoms with Crippen LogP contribution in [0.5, 0.6) is 0 Å². The Labute approximate surface area is 122 Å². The highest BCUT2D eigenvalue weighted by Crippen LogP contribution is 2.22. The Morgan fingerprint density at radius 1 is 1.48 bits per heavy atom. The molecular weight excluding hydrogens is 270 g/mol. The topological polar surface area (TPSA) is 87.1 Å². The lowest BCUT2D eigenvalue weighted by Crippen LogP contribution is -2.42. The Morgan fingerprint density at radius 2 is 2.33 bits per heavy atom. The monoisotopic (exact) mass is 289 g/mol. The molecule has 7 heteroatoms. The van der Waals surface area contributed by atoms with Gasteiger partial charge in [0.15, 0.2) is 0 Å². The van der Waals surface area contributed by atoms with Crippen LogP contribution in [-0.4, -0.2) is 41.1 Å². The molecule has 0 bridgehead atoms. The predicted molar refractivity (Wildman–Crippen MR) is 81.7 cm³/mol. The van der Waals surface area contributed by atoms with Crippen LogP contribution < -0.4 is 10.2 Å². The Kier molecular flexibility index (Phi) is 3.74. The SMILES string of the molecule is CN(C[C@H]1CCCCN1)c1nc2ccc([N+](=O)[O-])cc2[nH]1. The first-order valence-corrected chi connectivity index (χ1v) is 7.22. The number of imidazole rings is 1. The number of anilines is 1. The van der Waals surface area contributed by atoms with E-state index in [1.807, 2.05) is 7.05 Å². The van der Waals surface area contributed by atoms with Crippen molar-refractivity contribution in [2.45, 2.75) is 25.3 Å². The number of aromatic amines is 1. The minimum Gasteiger partial charge on any atom is -0.344 e. The van der Waals surface area contributed by atoms with Gasteiger partial charge < -0.3 is 15.2 Å². The van der Waals surface area contributed by atoms with Gasteiger partial charge in [0.25, 0.3) is 5.69 Å². The second kappa shape index (κ2) is 5.69. The third kappa shape index (κ3) is 2.97. The number of rotatable bonds is 4. The number of aromatic nitrogens is 2. The van der Waals surface area contributed by atoms with Crippen molar-refractivity contribution in [2.75, 3.05) is 25.0 Å². The molecule has 0 aliphatic carbocycles. The van der Waals surface area contributed by atoms with Crippen LogP contribution in [0.15, 0.2) is 18.2 Å². The third-order valence-electron chi connectivity index (χ3n) is 3.93. The Bertz CT molecular complexity index is 648. The fourth-order valence-electron chi connectivity index (χ4n) is 2.78. The number of hydrogen-bond donors (Lipinski definition) is 2. The van der Waals surface area contributed by atoms with Crippen LogP contribution in [0, 0.1) is 10.1 Å². The highest BCUT2D eigenvalue weighted by atomic mass is 16.6. The summed E-state index contributed by atoms with van der Waals surface area (Å²) in [4.78, 5) is 20.1. The molecule has 3 rings (SSSR count). The van der Waals surface area contributed by atoms with Crippen molar-refractivity contribution in [3.8, 4) is 0 Å². The molecule has 2 heterocycles. The number of benzene rings is 1. The van der Waals surface area contributed by atoms with Crippen LogP contribution in [0.2, 0.25) is 0 Å². The van der Waals surface area contributed by atoms with Gasteiger partial charge in [0.1, 0.15) is 0 Å². The summed E-state index contributed by atoms with van der Waals surface area (Å²) in [6.07, 6.45) is 3.68. The van der Waals surface area contributed by atoms with E-state index >= 15 is 0 Å². The first-order valence-electron chi connectivity index (χ1n) is 7.22. The molecule has 2 N–H and O–H groups in total. The van der Waals surface area contributed by atoms with Crippen molar-refractivity contribution in [2.24, 2.45) is 0 Å². The largest absolute Gasteiger partial charge is 0.344 e. The summed E-state index contributed by atoms with van der Waals surface area (Å²) in [6.45, 7) is 1.95. The van der Waals surface area contributed by atoms with E-state index in [0.29, 0.717) is 11.6 Å². The molecule has 0 radical (unpaired) electrons. The number of hydrogen-bond acceptors (Lipinski definition) is 5. The van der Waals surface area contributed by atoms with E-state index in [4.69, 9.17) is 0 Å². The fraction of sp³-hybridized carbons (Fsp3) is 0.500. The van der Waals surface area contributed by atoms with Gasteiger partial charge in [0, 0.05) is 31.8 Å². The van der Waals surface area contributed by atoms with Gasteiger partial charge in [-0.05, 0) is 25.5 Å². The zero-order valence-electron chi connectivity index (χ0n) is 12.0. The molecule has 1 saturated heterocycles. The van der Waals surface area contributed by atoms with Crippen LogP contribution in [0.1, 0.15) is 19.3 Å². The molecule has 1 aliphatic heterocycles. The summed E-state index contributed by atoms with van der Waals surface area (Å²) in [5, 5.41) is 14.3. The third-order valence-corrected chi connectivity index (χ3v) is 3.93. The number of nitrogens with one attached hydrogen (secondary N) is 2. The van der Waals surface area contributed by atoms with Gasteiger partial charge in [0.05, 0.1) is 16.0 Å². The lowest BCUT2D eigenvalue weighted by Gasteiger charge is -2.27. The van der Waals surface area contributed by atoms with E-state index in [1.165, 1.54) is 31.4 Å². The van der Waals surface area contributed by atoms with Crippen molar-refractivity contribution in [3.63, 3.8) is 0 Å². The molecule has 1 atom stereocenters. The normalized spacial score (nSPS) is 18.8. The molecule has 1 aliphatic rings. The molecule has 112 valence electrons. The van der Waals surface area contributed by atoms with Crippen molar-refractivity contribution >= 4 is 22.7 Å². The number of non-ortho nitro benzene ring substituents is 1. The van der Waals surface area contributed by atoms with E-state index < -0.39 is 4.92 Å². The smallest absolute Gasteiger partial charge is 0.271 e. The summed E-state index contributed by atoms with van der Waals surface area (Å²) in [5.74, 6) is 0.748. The lowest BCUT2D eigenvalue weighted by atomic mass is 10.1. The first-order chi connectivity index (χ1) is 10.1. The van der Waals surface area contributed by atoms with E-state index in [9.17, 15) is 10.1 Å². The van der Waals surface area contributed by atoms with Gasteiger partial charge in [-0.25, -0.2) is 4.98 Å². The first kappa shape index (κ1) is 13.8. The summed E-state index contributed by atoms with van der Waals surface area (Å²) in [5.41, 5.74) is 1.52. The zero-order valence-corrected chi connectivity index (χ0v) is 12.0. The Hall–Kier alpha value is -2.15. The maximum atomic E-state index is 10.8. The molecule has 0 spiro atoms. The van der Waals surface area contributed by atoms with Crippen LogP contribution in [0.4, 0.5) is 11.6 Å². The Morgan fingerprint density at radius 3 is 3.05 bits per heavy atom. The molecule has 0 amide bonds. The molecular formula is C14H19N5O2. The van der Waals surface area contributed by atoms with Gasteiger partial charge in [-0.3, -0.25) is 10.1 Å². The minimum absolute atomic E-state index is 0.0781. The summed E-state index contributed by atoms with van der Waals surface area (Å²) in [6, 6.07) is 5.17. The van der Waals surface area contributed by atoms with Crippen molar-refractivity contribution in [1.82, 2.24) is 15.3 Å². The zero-order chi connectivity index (χ0) is 14.8. The number of nitrogens with zero attached hydrogens (tertiary/aromatic N) is 3. The second-order valence-corrected chi connectivity index (χ2v) is 5.55. The Balaban J connectivity index is 1.78. The highest BCUT2D eigenvalue weighted by Gasteiger charge is 2.17. The number of fused-ring (bicyclic) bond motifs is 1. The number of nitro groups is 1.